The highest BCUT2D eigenvalue weighted by Crippen LogP contribution is 2.22. The molecule has 0 aromatic heterocycles. The minimum atomic E-state index is 0.149. The Morgan fingerprint density at radius 1 is 0.400 bits per heavy atom. The van der Waals surface area contributed by atoms with Crippen LogP contribution in [0.25, 0.3) is 0 Å². The van der Waals surface area contributed by atoms with Crippen LogP contribution < -0.4 is 9.47 Å². The van der Waals surface area contributed by atoms with E-state index in [1.807, 2.05) is 135 Å². The highest BCUT2D eigenvalue weighted by Gasteiger charge is 2.04. The summed E-state index contributed by atoms with van der Waals surface area (Å²) in [6.45, 7) is 3.72. The maximum atomic E-state index is 11.4. The van der Waals surface area contributed by atoms with Crippen molar-refractivity contribution in [2.45, 2.75) is 26.7 Å². The van der Waals surface area contributed by atoms with Crippen LogP contribution in [0.1, 0.15) is 47.4 Å². The molecule has 0 radical (unpaired) electrons. The first-order valence-electron chi connectivity index (χ1n) is 13.3. The molecule has 0 spiro atoms. The second-order valence-electron chi connectivity index (χ2n) is 8.59. The molecule has 5 aromatic rings. The van der Waals surface area contributed by atoms with Crippen molar-refractivity contribution in [1.29, 1.82) is 0 Å². The van der Waals surface area contributed by atoms with Gasteiger partial charge in [-0.2, -0.15) is 0 Å². The third-order valence-electron chi connectivity index (χ3n) is 5.62. The fourth-order valence-electron chi connectivity index (χ4n) is 3.46. The van der Waals surface area contributed by atoms with E-state index in [4.69, 9.17) is 9.47 Å². The quantitative estimate of drug-likeness (QED) is 0.187. The third kappa shape index (κ3) is 10.4. The van der Waals surface area contributed by atoms with Gasteiger partial charge in [-0.3, -0.25) is 9.59 Å². The van der Waals surface area contributed by atoms with E-state index in [1.54, 1.807) is 24.3 Å². The Bertz CT molecular complexity index is 1270. The van der Waals surface area contributed by atoms with Gasteiger partial charge in [0.25, 0.3) is 0 Å². The van der Waals surface area contributed by atoms with E-state index in [1.165, 1.54) is 0 Å². The minimum Gasteiger partial charge on any atom is -0.457 e. The number of ether oxygens (including phenoxy) is 2. The predicted octanol–water partition coefficient (Wildman–Crippen LogP) is 9.83. The highest BCUT2D eigenvalue weighted by atomic mass is 16.5. The zero-order valence-electron chi connectivity index (χ0n) is 22.9. The van der Waals surface area contributed by atoms with Crippen LogP contribution in [0.15, 0.2) is 146 Å². The topological polar surface area (TPSA) is 52.6 Å². The molecule has 0 saturated heterocycles. The molecule has 4 heteroatoms. The van der Waals surface area contributed by atoms with E-state index < -0.39 is 0 Å². The molecule has 0 fully saturated rings. The number of benzene rings is 5. The fourth-order valence-corrected chi connectivity index (χ4v) is 3.46. The third-order valence-corrected chi connectivity index (χ3v) is 5.62. The van der Waals surface area contributed by atoms with Crippen LogP contribution >= 0.6 is 0 Å². The molecule has 40 heavy (non-hydrogen) atoms. The zero-order valence-corrected chi connectivity index (χ0v) is 22.9. The molecule has 0 atom stereocenters. The van der Waals surface area contributed by atoms with Crippen molar-refractivity contribution in [3.63, 3.8) is 0 Å². The number of Topliss-reactive ketones (excluding diaryl/α,β-unsaturated/α-hetero) is 2. The monoisotopic (exact) mass is 530 g/mol. The number of carbonyl (C=O) groups excluding carboxylic acids is 2. The number of para-hydroxylation sites is 2. The highest BCUT2D eigenvalue weighted by molar-refractivity contribution is 5.96. The summed E-state index contributed by atoms with van der Waals surface area (Å²) in [6.07, 6.45) is 1.05. The average molecular weight is 531 g/mol. The summed E-state index contributed by atoms with van der Waals surface area (Å²) < 4.78 is 11.3. The molecule has 0 aliphatic heterocycles. The van der Waals surface area contributed by atoms with Gasteiger partial charge in [-0.15, -0.1) is 0 Å². The van der Waals surface area contributed by atoms with Gasteiger partial charge in [0.1, 0.15) is 23.0 Å². The second-order valence-corrected chi connectivity index (χ2v) is 8.59. The summed E-state index contributed by atoms with van der Waals surface area (Å²) in [4.78, 5) is 22.9. The first-order chi connectivity index (χ1) is 19.6. The summed E-state index contributed by atoms with van der Waals surface area (Å²) >= 11 is 0. The largest absolute Gasteiger partial charge is 0.457 e. The van der Waals surface area contributed by atoms with Crippen LogP contribution in [0.4, 0.5) is 0 Å². The van der Waals surface area contributed by atoms with E-state index in [0.29, 0.717) is 12.8 Å². The van der Waals surface area contributed by atoms with Crippen molar-refractivity contribution in [1.82, 2.24) is 0 Å². The van der Waals surface area contributed by atoms with Crippen LogP contribution in [0.5, 0.6) is 23.0 Å². The van der Waals surface area contributed by atoms with Crippen molar-refractivity contribution in [3.8, 4) is 23.0 Å². The lowest BCUT2D eigenvalue weighted by molar-refractivity contribution is 0.0980. The predicted molar refractivity (Wildman–Crippen MR) is 162 cm³/mol. The van der Waals surface area contributed by atoms with Gasteiger partial charge in [0.2, 0.25) is 0 Å². The Balaban J connectivity index is 0.000000183. The van der Waals surface area contributed by atoms with Crippen LogP contribution in [-0.2, 0) is 0 Å². The Kier molecular flexibility index (Phi) is 12.4. The van der Waals surface area contributed by atoms with Gasteiger partial charge in [0.05, 0.1) is 0 Å². The maximum Gasteiger partial charge on any atom is 0.162 e. The van der Waals surface area contributed by atoms with Gasteiger partial charge in [-0.25, -0.2) is 0 Å². The second kappa shape index (κ2) is 16.8. The summed E-state index contributed by atoms with van der Waals surface area (Å²) in [6, 6.07) is 45.6. The summed E-state index contributed by atoms with van der Waals surface area (Å²) in [5.74, 6) is 3.37. The number of ketones is 2. The van der Waals surface area contributed by atoms with E-state index in [2.05, 4.69) is 0 Å². The molecule has 0 aliphatic rings. The van der Waals surface area contributed by atoms with E-state index >= 15 is 0 Å². The molecule has 4 nitrogen and oxygen atoms in total. The van der Waals surface area contributed by atoms with Gasteiger partial charge in [-0.1, -0.05) is 86.6 Å². The van der Waals surface area contributed by atoms with E-state index in [0.717, 1.165) is 34.1 Å². The number of carbonyl (C=O) groups is 2. The maximum absolute atomic E-state index is 11.4. The van der Waals surface area contributed by atoms with Crippen LogP contribution in [0, 0.1) is 0 Å². The molecule has 0 N–H and O–H groups in total. The Morgan fingerprint density at radius 2 is 0.650 bits per heavy atom. The standard InChI is InChI=1S/2C15H14O2.C6H6/c2*1-2-15(16)12-8-10-14(11-9-12)17-13-6-4-3-5-7-13;1-2-4-6-5-3-1/h2*3-11H,2H2,1H3;1-6H. The van der Waals surface area contributed by atoms with Crippen molar-refractivity contribution in [2.75, 3.05) is 0 Å². The van der Waals surface area contributed by atoms with Crippen LogP contribution in [0.2, 0.25) is 0 Å². The SMILES string of the molecule is CCC(=O)c1ccc(Oc2ccccc2)cc1.CCC(=O)c1ccc(Oc2ccccc2)cc1.c1ccccc1. The number of rotatable bonds is 8. The van der Waals surface area contributed by atoms with Crippen LogP contribution in [-0.4, -0.2) is 11.6 Å². The minimum absolute atomic E-state index is 0.149. The van der Waals surface area contributed by atoms with Gasteiger partial charge >= 0.3 is 0 Å². The zero-order chi connectivity index (χ0) is 28.4. The van der Waals surface area contributed by atoms with Gasteiger partial charge in [-0.05, 0) is 72.8 Å². The fraction of sp³-hybridized carbons (Fsp3) is 0.111. The lowest BCUT2D eigenvalue weighted by Gasteiger charge is -2.05. The lowest BCUT2D eigenvalue weighted by atomic mass is 10.1. The molecule has 0 amide bonds. The first-order valence-corrected chi connectivity index (χ1v) is 13.3. The van der Waals surface area contributed by atoms with Crippen molar-refractivity contribution in [3.05, 3.63) is 157 Å². The Labute approximate surface area is 236 Å². The number of hydrogen-bond donors (Lipinski definition) is 0. The summed E-state index contributed by atoms with van der Waals surface area (Å²) in [7, 11) is 0. The molecule has 0 unspecified atom stereocenters. The van der Waals surface area contributed by atoms with Gasteiger partial charge in [0.15, 0.2) is 11.6 Å². The van der Waals surface area contributed by atoms with E-state index in [-0.39, 0.29) is 11.6 Å². The molecule has 5 aromatic carbocycles. The molecule has 0 saturated carbocycles. The lowest BCUT2D eigenvalue weighted by Crippen LogP contribution is -1.95. The average Bonchev–Trinajstić information content (AvgIpc) is 3.03. The van der Waals surface area contributed by atoms with E-state index in [9.17, 15) is 9.59 Å². The Hall–Kier alpha value is -4.96. The molecule has 0 aliphatic carbocycles. The van der Waals surface area contributed by atoms with Gasteiger partial charge in [0, 0.05) is 24.0 Å². The van der Waals surface area contributed by atoms with Crippen LogP contribution in [0.3, 0.4) is 0 Å². The van der Waals surface area contributed by atoms with Gasteiger partial charge < -0.3 is 9.47 Å². The molecule has 5 rings (SSSR count). The Morgan fingerprint density at radius 3 is 0.925 bits per heavy atom. The summed E-state index contributed by atoms with van der Waals surface area (Å²) in [5.41, 5.74) is 1.46. The number of hydrogen-bond acceptors (Lipinski definition) is 4. The van der Waals surface area contributed by atoms with Crippen molar-refractivity contribution in [2.24, 2.45) is 0 Å². The van der Waals surface area contributed by atoms with Crippen molar-refractivity contribution >= 4 is 11.6 Å². The van der Waals surface area contributed by atoms with Crippen molar-refractivity contribution < 1.29 is 19.1 Å². The molecule has 0 bridgehead atoms. The molecule has 202 valence electrons. The molecular formula is C36H34O4. The first kappa shape index (κ1) is 29.6. The molecule has 0 heterocycles. The smallest absolute Gasteiger partial charge is 0.162 e. The molecular weight excluding hydrogens is 496 g/mol. The normalized spacial score (nSPS) is 9.65. The summed E-state index contributed by atoms with van der Waals surface area (Å²) in [5, 5.41) is 0.